The normalized spacial score (nSPS) is 19.5. The van der Waals surface area contributed by atoms with Crippen LogP contribution < -0.4 is 5.32 Å². The van der Waals surface area contributed by atoms with Gasteiger partial charge in [0.05, 0.1) is 23.7 Å². The number of fused-ring (bicyclic) bond motifs is 1. The topological polar surface area (TPSA) is 69.6 Å². The molecule has 0 spiro atoms. The lowest BCUT2D eigenvalue weighted by molar-refractivity contribution is -0.139. The quantitative estimate of drug-likeness (QED) is 0.690. The van der Waals surface area contributed by atoms with E-state index in [2.05, 4.69) is 5.32 Å². The summed E-state index contributed by atoms with van der Waals surface area (Å²) in [4.78, 5) is 25.4. The van der Waals surface area contributed by atoms with Crippen molar-refractivity contribution in [1.29, 1.82) is 0 Å². The highest BCUT2D eigenvalue weighted by atomic mass is 19.4. The monoisotopic (exact) mass is 436 g/mol. The summed E-state index contributed by atoms with van der Waals surface area (Å²) in [7, 11) is 0. The maximum Gasteiger partial charge on any atom is 0.416 e. The standard InChI is InChI=1S/C19H18F6N2O3/c20-18(21,22)6-1-7-27-9-13(15(28)17(27)30)16(29)26-14-5-3-10-2-4-11(8-12(10)14)19(23,24)25/h2,4,8,14,28H,1,3,5-7,9H2,(H,26,29). The molecule has 11 heteroatoms. The molecule has 1 aliphatic carbocycles. The van der Waals surface area contributed by atoms with Crippen molar-refractivity contribution in [2.75, 3.05) is 13.1 Å². The lowest BCUT2D eigenvalue weighted by Gasteiger charge is -2.18. The third-order valence-corrected chi connectivity index (χ3v) is 5.14. The van der Waals surface area contributed by atoms with Gasteiger partial charge in [0.1, 0.15) is 0 Å². The van der Waals surface area contributed by atoms with Gasteiger partial charge in [-0.25, -0.2) is 0 Å². The lowest BCUT2D eigenvalue weighted by Crippen LogP contribution is -2.32. The van der Waals surface area contributed by atoms with Gasteiger partial charge in [0.15, 0.2) is 5.76 Å². The molecule has 0 saturated carbocycles. The number of hydrogen-bond donors (Lipinski definition) is 2. The van der Waals surface area contributed by atoms with Gasteiger partial charge in [0.2, 0.25) is 0 Å². The van der Waals surface area contributed by atoms with Gasteiger partial charge in [-0.1, -0.05) is 6.07 Å². The molecule has 1 unspecified atom stereocenters. The number of hydrogen-bond acceptors (Lipinski definition) is 3. The Labute approximate surface area is 167 Å². The molecule has 164 valence electrons. The van der Waals surface area contributed by atoms with Crippen LogP contribution in [-0.2, 0) is 22.2 Å². The van der Waals surface area contributed by atoms with E-state index in [1.165, 1.54) is 6.07 Å². The summed E-state index contributed by atoms with van der Waals surface area (Å²) in [5.41, 5.74) is -0.198. The summed E-state index contributed by atoms with van der Waals surface area (Å²) < 4.78 is 75.7. The third-order valence-electron chi connectivity index (χ3n) is 5.14. The first kappa shape index (κ1) is 22.0. The molecular formula is C19H18F6N2O3. The van der Waals surface area contributed by atoms with Gasteiger partial charge in [-0.2, -0.15) is 26.3 Å². The second-order valence-corrected chi connectivity index (χ2v) is 7.25. The number of rotatable bonds is 5. The molecule has 2 amide bonds. The third kappa shape index (κ3) is 4.71. The van der Waals surface area contributed by atoms with E-state index in [0.717, 1.165) is 17.0 Å². The van der Waals surface area contributed by atoms with Gasteiger partial charge in [-0.3, -0.25) is 9.59 Å². The molecule has 0 saturated heterocycles. The van der Waals surface area contributed by atoms with Crippen LogP contribution in [-0.4, -0.2) is 41.1 Å². The predicted molar refractivity (Wildman–Crippen MR) is 92.2 cm³/mol. The van der Waals surface area contributed by atoms with Gasteiger partial charge in [0.25, 0.3) is 11.8 Å². The number of carbonyl (C=O) groups excluding carboxylic acids is 2. The molecular weight excluding hydrogens is 418 g/mol. The fourth-order valence-corrected chi connectivity index (χ4v) is 3.62. The SMILES string of the molecule is O=C(NC1CCc2ccc(C(F)(F)F)cc21)C1=C(O)C(=O)N(CCCC(F)(F)F)C1. The van der Waals surface area contributed by atoms with Crippen molar-refractivity contribution < 1.29 is 41.0 Å². The Balaban J connectivity index is 1.67. The average molecular weight is 436 g/mol. The number of benzene rings is 1. The van der Waals surface area contributed by atoms with Crippen molar-refractivity contribution in [3.8, 4) is 0 Å². The van der Waals surface area contributed by atoms with Crippen molar-refractivity contribution >= 4 is 11.8 Å². The molecule has 0 bridgehead atoms. The van der Waals surface area contributed by atoms with Crippen molar-refractivity contribution in [3.63, 3.8) is 0 Å². The first-order chi connectivity index (χ1) is 13.9. The maximum absolute atomic E-state index is 13.0. The number of amides is 2. The minimum atomic E-state index is -4.54. The number of alkyl halides is 6. The second-order valence-electron chi connectivity index (χ2n) is 7.25. The van der Waals surface area contributed by atoms with Gasteiger partial charge < -0.3 is 15.3 Å². The molecule has 1 heterocycles. The number of halogens is 6. The number of aryl methyl sites for hydroxylation is 1. The number of aliphatic hydroxyl groups is 1. The summed E-state index contributed by atoms with van der Waals surface area (Å²) in [6.07, 6.45) is -9.62. The lowest BCUT2D eigenvalue weighted by atomic mass is 10.0. The van der Waals surface area contributed by atoms with Crippen molar-refractivity contribution in [2.24, 2.45) is 0 Å². The van der Waals surface area contributed by atoms with Crippen molar-refractivity contribution in [3.05, 3.63) is 46.2 Å². The number of nitrogens with zero attached hydrogens (tertiary/aromatic N) is 1. The summed E-state index contributed by atoms with van der Waals surface area (Å²) in [5.74, 6) is -2.65. The first-order valence-corrected chi connectivity index (χ1v) is 9.16. The van der Waals surface area contributed by atoms with Crippen LogP contribution in [0, 0.1) is 0 Å². The molecule has 1 aliphatic heterocycles. The molecule has 1 atom stereocenters. The molecule has 2 N–H and O–H groups in total. The van der Waals surface area contributed by atoms with E-state index in [-0.39, 0.29) is 25.1 Å². The summed E-state index contributed by atoms with van der Waals surface area (Å²) >= 11 is 0. The van der Waals surface area contributed by atoms with Crippen LogP contribution in [0.25, 0.3) is 0 Å². The zero-order chi connectivity index (χ0) is 22.3. The Bertz CT molecular complexity index is 891. The van der Waals surface area contributed by atoms with Gasteiger partial charge in [-0.15, -0.1) is 0 Å². The summed E-state index contributed by atoms with van der Waals surface area (Å²) in [5, 5.41) is 12.5. The van der Waals surface area contributed by atoms with Crippen LogP contribution in [0.2, 0.25) is 0 Å². The highest BCUT2D eigenvalue weighted by Crippen LogP contribution is 2.37. The van der Waals surface area contributed by atoms with E-state index in [0.29, 0.717) is 24.0 Å². The fourth-order valence-electron chi connectivity index (χ4n) is 3.62. The molecule has 30 heavy (non-hydrogen) atoms. The van der Waals surface area contributed by atoms with Crippen molar-refractivity contribution in [1.82, 2.24) is 10.2 Å². The Morgan fingerprint density at radius 3 is 2.53 bits per heavy atom. The highest BCUT2D eigenvalue weighted by molar-refractivity contribution is 6.07. The fraction of sp³-hybridized carbons (Fsp3) is 0.474. The van der Waals surface area contributed by atoms with Crippen LogP contribution in [0.1, 0.15) is 42.0 Å². The molecule has 1 aromatic rings. The van der Waals surface area contributed by atoms with Crippen LogP contribution in [0.5, 0.6) is 0 Å². The average Bonchev–Trinajstić information content (AvgIpc) is 3.15. The minimum absolute atomic E-state index is 0.291. The Morgan fingerprint density at radius 1 is 1.20 bits per heavy atom. The predicted octanol–water partition coefficient (Wildman–Crippen LogP) is 3.81. The van der Waals surface area contributed by atoms with Crippen molar-refractivity contribution in [2.45, 2.75) is 44.1 Å². The second kappa shape index (κ2) is 7.84. The molecule has 5 nitrogen and oxygen atoms in total. The van der Waals surface area contributed by atoms with E-state index in [1.807, 2.05) is 0 Å². The number of nitrogens with one attached hydrogen (secondary N) is 1. The van der Waals surface area contributed by atoms with Crippen LogP contribution >= 0.6 is 0 Å². The Morgan fingerprint density at radius 2 is 1.90 bits per heavy atom. The van der Waals surface area contributed by atoms with E-state index >= 15 is 0 Å². The summed E-state index contributed by atoms with van der Waals surface area (Å²) in [6.45, 7) is -0.656. The van der Waals surface area contributed by atoms with Crippen LogP contribution in [0.4, 0.5) is 26.3 Å². The largest absolute Gasteiger partial charge is 0.503 e. The number of aliphatic hydroxyl groups excluding tert-OH is 1. The van der Waals surface area contributed by atoms with Gasteiger partial charge >= 0.3 is 12.4 Å². The van der Waals surface area contributed by atoms with Gasteiger partial charge in [-0.05, 0) is 42.5 Å². The zero-order valence-electron chi connectivity index (χ0n) is 15.5. The minimum Gasteiger partial charge on any atom is -0.503 e. The first-order valence-electron chi connectivity index (χ1n) is 9.16. The highest BCUT2D eigenvalue weighted by Gasteiger charge is 2.37. The molecule has 2 aliphatic rings. The Kier molecular flexibility index (Phi) is 5.74. The van der Waals surface area contributed by atoms with Crippen LogP contribution in [0.15, 0.2) is 29.5 Å². The van der Waals surface area contributed by atoms with E-state index in [1.54, 1.807) is 0 Å². The van der Waals surface area contributed by atoms with Gasteiger partial charge in [0, 0.05) is 13.0 Å². The van der Waals surface area contributed by atoms with Crippen LogP contribution in [0.3, 0.4) is 0 Å². The van der Waals surface area contributed by atoms with E-state index in [9.17, 15) is 41.0 Å². The molecule has 1 aromatic carbocycles. The van der Waals surface area contributed by atoms with E-state index < -0.39 is 48.0 Å². The smallest absolute Gasteiger partial charge is 0.416 e. The molecule has 0 radical (unpaired) electrons. The zero-order valence-corrected chi connectivity index (χ0v) is 15.5. The maximum atomic E-state index is 13.0. The summed E-state index contributed by atoms with van der Waals surface area (Å²) in [6, 6.07) is 2.54. The molecule has 3 rings (SSSR count). The Hall–Kier alpha value is -2.72. The molecule has 0 fully saturated rings. The van der Waals surface area contributed by atoms with E-state index in [4.69, 9.17) is 0 Å². The number of carbonyl (C=O) groups is 2. The molecule has 0 aromatic heterocycles.